The van der Waals surface area contributed by atoms with Crippen molar-refractivity contribution in [3.63, 3.8) is 0 Å². The molecule has 0 radical (unpaired) electrons. The van der Waals surface area contributed by atoms with Gasteiger partial charge in [0, 0.05) is 5.56 Å². The van der Waals surface area contributed by atoms with Crippen molar-refractivity contribution in [2.45, 2.75) is 19.2 Å². The first-order valence-electron chi connectivity index (χ1n) is 5.04. The van der Waals surface area contributed by atoms with Gasteiger partial charge in [-0.05, 0) is 30.7 Å². The normalized spacial score (nSPS) is 13.2. The minimum atomic E-state index is -4.77. The number of benzene rings is 1. The summed E-state index contributed by atoms with van der Waals surface area (Å²) in [7, 11) is 0. The highest BCUT2D eigenvalue weighted by Gasteiger charge is 2.38. The van der Waals surface area contributed by atoms with E-state index in [0.717, 1.165) is 0 Å². The van der Waals surface area contributed by atoms with Crippen molar-refractivity contribution in [2.75, 3.05) is 6.54 Å². The number of halogens is 3. The van der Waals surface area contributed by atoms with Gasteiger partial charge in [-0.15, -0.1) is 0 Å². The first-order chi connectivity index (χ1) is 8.21. The van der Waals surface area contributed by atoms with Crippen molar-refractivity contribution in [1.82, 2.24) is 5.32 Å². The monoisotopic (exact) mass is 263 g/mol. The number of hydrogen-bond acceptors (Lipinski definition) is 3. The number of nitrogens with one attached hydrogen (secondary N) is 1. The molecule has 1 amide bonds. The standard InChI is InChI=1S/C11H12F3NO3/c1-6-4-7(2-3-8(6)16)10(18)15-5-9(17)11(12,13)14/h2-4,9,16-17H,5H2,1H3,(H,15,18). The van der Waals surface area contributed by atoms with Crippen LogP contribution in [0.1, 0.15) is 15.9 Å². The molecule has 0 aliphatic heterocycles. The van der Waals surface area contributed by atoms with Gasteiger partial charge in [0.15, 0.2) is 6.10 Å². The van der Waals surface area contributed by atoms with E-state index in [0.29, 0.717) is 5.56 Å². The summed E-state index contributed by atoms with van der Waals surface area (Å²) >= 11 is 0. The van der Waals surface area contributed by atoms with E-state index >= 15 is 0 Å². The zero-order valence-electron chi connectivity index (χ0n) is 9.45. The third kappa shape index (κ3) is 3.63. The zero-order valence-corrected chi connectivity index (χ0v) is 9.45. The second-order valence-electron chi connectivity index (χ2n) is 3.77. The van der Waals surface area contributed by atoms with Crippen LogP contribution < -0.4 is 5.32 Å². The summed E-state index contributed by atoms with van der Waals surface area (Å²) in [4.78, 5) is 11.5. The van der Waals surface area contributed by atoms with Gasteiger partial charge in [0.05, 0.1) is 6.54 Å². The third-order valence-electron chi connectivity index (χ3n) is 2.29. The van der Waals surface area contributed by atoms with Crippen LogP contribution in [0, 0.1) is 6.92 Å². The van der Waals surface area contributed by atoms with Crippen LogP contribution in [-0.2, 0) is 0 Å². The first kappa shape index (κ1) is 14.3. The van der Waals surface area contributed by atoms with Gasteiger partial charge >= 0.3 is 6.18 Å². The summed E-state index contributed by atoms with van der Waals surface area (Å²) in [5.74, 6) is -0.761. The van der Waals surface area contributed by atoms with Gasteiger partial charge in [-0.1, -0.05) is 0 Å². The molecule has 0 saturated heterocycles. The number of phenols is 1. The lowest BCUT2D eigenvalue weighted by Gasteiger charge is -2.15. The van der Waals surface area contributed by atoms with Gasteiger partial charge in [0.1, 0.15) is 5.75 Å². The number of aliphatic hydroxyl groups is 1. The maximum atomic E-state index is 12.0. The van der Waals surface area contributed by atoms with E-state index in [4.69, 9.17) is 5.11 Å². The van der Waals surface area contributed by atoms with E-state index < -0.39 is 24.7 Å². The molecule has 1 unspecified atom stereocenters. The van der Waals surface area contributed by atoms with E-state index in [-0.39, 0.29) is 11.3 Å². The number of aryl methyl sites for hydroxylation is 1. The molecule has 1 aromatic rings. The van der Waals surface area contributed by atoms with Gasteiger partial charge in [0.2, 0.25) is 0 Å². The Balaban J connectivity index is 2.63. The van der Waals surface area contributed by atoms with Crippen molar-refractivity contribution in [2.24, 2.45) is 0 Å². The number of carbonyl (C=O) groups excluding carboxylic acids is 1. The van der Waals surface area contributed by atoms with E-state index in [1.807, 2.05) is 5.32 Å². The highest BCUT2D eigenvalue weighted by Crippen LogP contribution is 2.20. The molecule has 0 heterocycles. The molecule has 4 nitrogen and oxygen atoms in total. The maximum absolute atomic E-state index is 12.0. The van der Waals surface area contributed by atoms with Gasteiger partial charge in [-0.2, -0.15) is 13.2 Å². The number of hydrogen-bond donors (Lipinski definition) is 3. The molecule has 1 atom stereocenters. The summed E-state index contributed by atoms with van der Waals surface area (Å²) in [5.41, 5.74) is 0.540. The topological polar surface area (TPSA) is 69.6 Å². The Kier molecular flexibility index (Phi) is 4.18. The number of phenolic OH excluding ortho intramolecular Hbond substituents is 1. The fraction of sp³-hybridized carbons (Fsp3) is 0.364. The Morgan fingerprint density at radius 3 is 2.56 bits per heavy atom. The highest BCUT2D eigenvalue weighted by atomic mass is 19.4. The van der Waals surface area contributed by atoms with Crippen molar-refractivity contribution < 1.29 is 28.2 Å². The summed E-state index contributed by atoms with van der Waals surface area (Å²) in [6.07, 6.45) is -7.36. The number of alkyl halides is 3. The van der Waals surface area contributed by atoms with E-state index in [2.05, 4.69) is 0 Å². The van der Waals surface area contributed by atoms with Crippen LogP contribution >= 0.6 is 0 Å². The number of amides is 1. The van der Waals surface area contributed by atoms with Crippen LogP contribution in [0.5, 0.6) is 5.75 Å². The zero-order chi connectivity index (χ0) is 13.9. The lowest BCUT2D eigenvalue weighted by molar-refractivity contribution is -0.201. The molecule has 3 N–H and O–H groups in total. The average molecular weight is 263 g/mol. The third-order valence-corrected chi connectivity index (χ3v) is 2.29. The summed E-state index contributed by atoms with van der Waals surface area (Å²) < 4.78 is 36.0. The molecule has 0 aromatic heterocycles. The molecule has 0 saturated carbocycles. The van der Waals surface area contributed by atoms with E-state index in [1.165, 1.54) is 18.2 Å². The molecule has 100 valence electrons. The summed E-state index contributed by atoms with van der Waals surface area (Å²) in [5, 5.41) is 19.9. The van der Waals surface area contributed by atoms with Crippen LogP contribution in [0.2, 0.25) is 0 Å². The minimum Gasteiger partial charge on any atom is -0.508 e. The maximum Gasteiger partial charge on any atom is 0.416 e. The number of aromatic hydroxyl groups is 1. The average Bonchev–Trinajstić information content (AvgIpc) is 2.27. The number of carbonyl (C=O) groups is 1. The second-order valence-corrected chi connectivity index (χ2v) is 3.77. The van der Waals surface area contributed by atoms with Crippen LogP contribution in [0.25, 0.3) is 0 Å². The van der Waals surface area contributed by atoms with Crippen LogP contribution in [0.4, 0.5) is 13.2 Å². The number of aliphatic hydroxyl groups excluding tert-OH is 1. The van der Waals surface area contributed by atoms with Gasteiger partial charge in [-0.25, -0.2) is 0 Å². The summed E-state index contributed by atoms with van der Waals surface area (Å²) in [6, 6.07) is 3.88. The number of rotatable bonds is 3. The predicted molar refractivity (Wildman–Crippen MR) is 57.2 cm³/mol. The first-order valence-corrected chi connectivity index (χ1v) is 5.04. The lowest BCUT2D eigenvalue weighted by Crippen LogP contribution is -2.40. The molecule has 0 aliphatic rings. The molecule has 1 aromatic carbocycles. The molecule has 18 heavy (non-hydrogen) atoms. The quantitative estimate of drug-likeness (QED) is 0.771. The predicted octanol–water partition coefficient (Wildman–Crippen LogP) is 1.35. The van der Waals surface area contributed by atoms with Crippen molar-refractivity contribution in [1.29, 1.82) is 0 Å². The van der Waals surface area contributed by atoms with E-state index in [9.17, 15) is 23.1 Å². The van der Waals surface area contributed by atoms with Crippen LogP contribution in [0.3, 0.4) is 0 Å². The Morgan fingerprint density at radius 2 is 2.06 bits per heavy atom. The van der Waals surface area contributed by atoms with Crippen molar-refractivity contribution in [3.05, 3.63) is 29.3 Å². The largest absolute Gasteiger partial charge is 0.508 e. The fourth-order valence-corrected chi connectivity index (χ4v) is 1.20. The molecule has 0 aliphatic carbocycles. The lowest BCUT2D eigenvalue weighted by atomic mass is 10.1. The molecular weight excluding hydrogens is 251 g/mol. The Hall–Kier alpha value is -1.76. The Labute approximate surface area is 101 Å². The van der Waals surface area contributed by atoms with Gasteiger partial charge < -0.3 is 15.5 Å². The minimum absolute atomic E-state index is 0.0122. The second kappa shape index (κ2) is 5.26. The van der Waals surface area contributed by atoms with Crippen LogP contribution in [-0.4, -0.2) is 34.9 Å². The molecule has 1 rings (SSSR count). The Morgan fingerprint density at radius 1 is 1.44 bits per heavy atom. The van der Waals surface area contributed by atoms with Crippen LogP contribution in [0.15, 0.2) is 18.2 Å². The Bertz CT molecular complexity index is 446. The summed E-state index contributed by atoms with van der Waals surface area (Å²) in [6.45, 7) is 0.638. The van der Waals surface area contributed by atoms with Gasteiger partial charge in [0.25, 0.3) is 5.91 Å². The molecule has 0 bridgehead atoms. The fourth-order valence-electron chi connectivity index (χ4n) is 1.20. The smallest absolute Gasteiger partial charge is 0.416 e. The highest BCUT2D eigenvalue weighted by molar-refractivity contribution is 5.94. The molecule has 0 fully saturated rings. The molecule has 0 spiro atoms. The molecule has 7 heteroatoms. The van der Waals surface area contributed by atoms with Gasteiger partial charge in [-0.3, -0.25) is 4.79 Å². The van der Waals surface area contributed by atoms with Crippen molar-refractivity contribution >= 4 is 5.91 Å². The van der Waals surface area contributed by atoms with Crippen molar-refractivity contribution in [3.8, 4) is 5.75 Å². The van der Waals surface area contributed by atoms with E-state index in [1.54, 1.807) is 6.92 Å². The molecular formula is C11H12F3NO3. The SMILES string of the molecule is Cc1cc(C(=O)NCC(O)C(F)(F)F)ccc1O.